The van der Waals surface area contributed by atoms with Crippen molar-refractivity contribution < 1.29 is 147 Å². The van der Waals surface area contributed by atoms with E-state index in [9.17, 15) is 4.79 Å². The Balaban J connectivity index is 1.03. The van der Waals surface area contributed by atoms with Gasteiger partial charge in [0.2, 0.25) is 5.91 Å². The van der Waals surface area contributed by atoms with Gasteiger partial charge in [-0.15, -0.1) is 0 Å². The first-order valence-corrected chi connectivity index (χ1v) is 44.8. The maximum atomic E-state index is 14.6. The Labute approximate surface area is 711 Å². The number of nitrogens with one attached hydrogen (secondary N) is 1. The molecule has 8 saturated heterocycles. The second-order valence-electron chi connectivity index (χ2n) is 36.6. The zero-order valence-corrected chi connectivity index (χ0v) is 75.8. The van der Waals surface area contributed by atoms with Crippen molar-refractivity contribution in [2.24, 2.45) is 0 Å². The van der Waals surface area contributed by atoms with Crippen molar-refractivity contribution >= 4 is 5.91 Å². The lowest BCUT2D eigenvalue weighted by Crippen LogP contribution is -2.45. The Morgan fingerprint density at radius 2 is 0.420 bits per heavy atom. The Kier molecular flexibility index (Phi) is 45.4. The third-order valence-corrected chi connectivity index (χ3v) is 20.9. The molecule has 8 aliphatic rings. The van der Waals surface area contributed by atoms with Gasteiger partial charge in [0.1, 0.15) is 85.5 Å². The van der Waals surface area contributed by atoms with Crippen molar-refractivity contribution in [3.63, 3.8) is 0 Å². The molecule has 8 atom stereocenters. The minimum Gasteiger partial charge on any atom is -0.376 e. The summed E-state index contributed by atoms with van der Waals surface area (Å²) in [5.74, 6) is -6.13. The number of rotatable bonds is 67. The van der Waals surface area contributed by atoms with Gasteiger partial charge in [-0.2, -0.15) is 0 Å². The SMILES string of the molecule is CCCCCCCCCCCCCCCCCC(=O)NC(COC(COC(COCC1COC(C)(C)O1)COCC1COC(C)(C)O1)COC(COCC1COC(C)(C)O1)COCC1COC(C)(C)O1)COC(COC(COCC1COC(C)(C)O1)COCC1COC(C)(C)O1)COC(COCC1COC(C)(C)O1)COCC1COC(C)(C)O1. The summed E-state index contributed by atoms with van der Waals surface area (Å²) in [6.45, 7) is 38.1. The molecule has 8 fully saturated rings. The fourth-order valence-electron chi connectivity index (χ4n) is 14.8. The van der Waals surface area contributed by atoms with Crippen LogP contribution in [0.5, 0.6) is 0 Å². The first kappa shape index (κ1) is 103. The average molecular weight is 1720 g/mol. The summed E-state index contributed by atoms with van der Waals surface area (Å²) in [6, 6.07) is -0.753. The summed E-state index contributed by atoms with van der Waals surface area (Å²) in [6.07, 6.45) is 11.9. The third kappa shape index (κ3) is 44.2. The van der Waals surface area contributed by atoms with E-state index in [0.717, 1.165) is 19.3 Å². The first-order valence-electron chi connectivity index (χ1n) is 44.8. The second-order valence-corrected chi connectivity index (χ2v) is 36.6. The zero-order chi connectivity index (χ0) is 85.7. The minimum atomic E-state index is -0.794. The lowest BCUT2D eigenvalue weighted by atomic mass is 10.0. The van der Waals surface area contributed by atoms with Gasteiger partial charge in [-0.05, 0) is 117 Å². The highest BCUT2D eigenvalue weighted by atomic mass is 16.8. The molecular weight excluding hydrogens is 1550 g/mol. The fourth-order valence-corrected chi connectivity index (χ4v) is 14.8. The van der Waals surface area contributed by atoms with E-state index >= 15 is 0 Å². The molecule has 8 rings (SSSR count). The fraction of sp³-hybridized carbons (Fsp3) is 0.989. The van der Waals surface area contributed by atoms with Crippen LogP contribution in [-0.2, 0) is 147 Å². The molecular formula is C87H159NO31. The molecule has 0 aromatic heterocycles. The van der Waals surface area contributed by atoms with E-state index in [0.29, 0.717) is 65.7 Å². The van der Waals surface area contributed by atoms with Crippen molar-refractivity contribution in [3.8, 4) is 0 Å². The highest BCUT2D eigenvalue weighted by Gasteiger charge is 2.41. The molecule has 0 aromatic carbocycles. The summed E-state index contributed by atoms with van der Waals surface area (Å²) in [5.41, 5.74) is 0. The van der Waals surface area contributed by atoms with Crippen LogP contribution < -0.4 is 5.32 Å². The smallest absolute Gasteiger partial charge is 0.220 e. The third-order valence-electron chi connectivity index (χ3n) is 20.9. The van der Waals surface area contributed by atoms with Gasteiger partial charge < -0.3 is 147 Å². The van der Waals surface area contributed by atoms with Crippen LogP contribution in [0.15, 0.2) is 0 Å². The topological polar surface area (TPSA) is 306 Å². The van der Waals surface area contributed by atoms with Crippen LogP contribution in [0.2, 0.25) is 0 Å². The van der Waals surface area contributed by atoms with E-state index in [1.54, 1.807) is 0 Å². The summed E-state index contributed by atoms with van der Waals surface area (Å²) in [7, 11) is 0. The lowest BCUT2D eigenvalue weighted by Gasteiger charge is -2.29. The predicted octanol–water partition coefficient (Wildman–Crippen LogP) is 10.4. The van der Waals surface area contributed by atoms with Crippen LogP contribution in [-0.4, -0.2) is 342 Å². The Bertz CT molecular complexity index is 2270. The lowest BCUT2D eigenvalue weighted by molar-refractivity contribution is -0.163. The largest absolute Gasteiger partial charge is 0.376 e. The molecule has 8 unspecified atom stereocenters. The van der Waals surface area contributed by atoms with E-state index in [4.69, 9.17) is 142 Å². The van der Waals surface area contributed by atoms with E-state index < -0.39 is 89.0 Å². The molecule has 1 N–H and O–H groups in total. The molecule has 8 aliphatic heterocycles. The summed E-state index contributed by atoms with van der Waals surface area (Å²) >= 11 is 0. The molecule has 0 spiro atoms. The van der Waals surface area contributed by atoms with Gasteiger partial charge in [0.05, 0.1) is 204 Å². The number of hydrogen-bond acceptors (Lipinski definition) is 31. The number of unbranched alkanes of at least 4 members (excludes halogenated alkanes) is 14. The molecule has 698 valence electrons. The molecule has 0 bridgehead atoms. The van der Waals surface area contributed by atoms with Gasteiger partial charge in [0, 0.05) is 6.42 Å². The highest BCUT2D eigenvalue weighted by molar-refractivity contribution is 5.76. The number of amides is 1. The van der Waals surface area contributed by atoms with Crippen molar-refractivity contribution in [2.45, 2.75) is 358 Å². The number of hydrogen-bond donors (Lipinski definition) is 1. The van der Waals surface area contributed by atoms with E-state index in [-0.39, 0.29) is 200 Å². The van der Waals surface area contributed by atoms with Crippen molar-refractivity contribution in [3.05, 3.63) is 0 Å². The van der Waals surface area contributed by atoms with Crippen LogP contribution in [0.4, 0.5) is 0 Å². The maximum absolute atomic E-state index is 14.6. The maximum Gasteiger partial charge on any atom is 0.220 e. The van der Waals surface area contributed by atoms with E-state index in [1.165, 1.54) is 70.6 Å². The highest BCUT2D eigenvalue weighted by Crippen LogP contribution is 2.30. The van der Waals surface area contributed by atoms with Gasteiger partial charge in [0.25, 0.3) is 0 Å². The van der Waals surface area contributed by atoms with Crippen LogP contribution in [0.25, 0.3) is 0 Å². The van der Waals surface area contributed by atoms with Gasteiger partial charge >= 0.3 is 0 Å². The molecule has 32 heteroatoms. The second kappa shape index (κ2) is 52.7. The molecule has 0 aliphatic carbocycles. The first-order chi connectivity index (χ1) is 56.6. The van der Waals surface area contributed by atoms with Crippen molar-refractivity contribution in [1.29, 1.82) is 0 Å². The normalized spacial score (nSPS) is 27.6. The van der Waals surface area contributed by atoms with Crippen LogP contribution in [0, 0.1) is 0 Å². The average Bonchev–Trinajstić information content (AvgIpc) is 1.15. The predicted molar refractivity (Wildman–Crippen MR) is 436 cm³/mol. The van der Waals surface area contributed by atoms with Crippen LogP contribution in [0.3, 0.4) is 0 Å². The van der Waals surface area contributed by atoms with Gasteiger partial charge in [-0.3, -0.25) is 4.79 Å². The van der Waals surface area contributed by atoms with Gasteiger partial charge in [-0.1, -0.05) is 96.8 Å². The van der Waals surface area contributed by atoms with Gasteiger partial charge in [0.15, 0.2) is 46.3 Å². The van der Waals surface area contributed by atoms with Crippen LogP contribution >= 0.6 is 0 Å². The number of ether oxygens (including phenoxy) is 30. The monoisotopic (exact) mass is 1710 g/mol. The molecule has 1 amide bonds. The minimum absolute atomic E-state index is 0.0186. The molecule has 32 nitrogen and oxygen atoms in total. The molecule has 0 radical (unpaired) electrons. The summed E-state index contributed by atoms with van der Waals surface area (Å²) in [4.78, 5) is 14.6. The Hall–Kier alpha value is -1.73. The summed E-state index contributed by atoms with van der Waals surface area (Å²) in [5, 5.41) is 3.33. The number of carbonyl (C=O) groups is 1. The molecule has 8 heterocycles. The van der Waals surface area contributed by atoms with Crippen molar-refractivity contribution in [1.82, 2.24) is 5.32 Å². The van der Waals surface area contributed by atoms with Crippen LogP contribution in [0.1, 0.15) is 220 Å². The Morgan fingerprint density at radius 3 is 0.597 bits per heavy atom. The summed E-state index contributed by atoms with van der Waals surface area (Å²) < 4.78 is 188. The molecule has 0 saturated carbocycles. The van der Waals surface area contributed by atoms with Crippen molar-refractivity contribution in [2.75, 3.05) is 198 Å². The van der Waals surface area contributed by atoms with E-state index in [2.05, 4.69) is 12.2 Å². The van der Waals surface area contributed by atoms with E-state index in [1.807, 2.05) is 111 Å². The molecule has 0 aromatic rings. The number of carbonyl (C=O) groups excluding carboxylic acids is 1. The standard InChI is InChI=1S/C87H159NO31/c1-18-19-20-21-22-23-24-25-26-27-28-29-30-31-32-33-79(89)88-64(34-98-69(52-100-65(36-90-44-71-56-104-80(2,3)112-71)37-91-45-72-57-105-81(4,5)113-72)53-101-66(38-92-46-73-58-106-82(6,7)114-73)39-93-47-74-59-107-83(8,9)115-74)35-99-70(54-102-67(40-94-48-75-60-108-84(10,11)116-75)41-95-49-76-61-109-85(12,13)117-76)55-103-68(42-96-50-77-62-110-86(14,15)118-77)43-97-51-78-63-111-87(16,17)119-78/h64-78H,18-63H2,1-17H3,(H,88,89). The zero-order valence-electron chi connectivity index (χ0n) is 75.8. The van der Waals surface area contributed by atoms with Gasteiger partial charge in [-0.25, -0.2) is 0 Å². The quantitative estimate of drug-likeness (QED) is 0.0553. The molecule has 119 heavy (non-hydrogen) atoms. The Morgan fingerprint density at radius 1 is 0.252 bits per heavy atom.